The predicted octanol–water partition coefficient (Wildman–Crippen LogP) is 2.73. The maximum absolute atomic E-state index is 13.4. The van der Waals surface area contributed by atoms with Crippen LogP contribution in [0.1, 0.15) is 5.56 Å². The normalized spacial score (nSPS) is 10.3. The van der Waals surface area contributed by atoms with Gasteiger partial charge in [-0.05, 0) is 23.8 Å². The van der Waals surface area contributed by atoms with Gasteiger partial charge in [-0.25, -0.2) is 13.9 Å². The topological polar surface area (TPSA) is 71.8 Å². The van der Waals surface area contributed by atoms with Crippen molar-refractivity contribution >= 4 is 11.7 Å². The fourth-order valence-electron chi connectivity index (χ4n) is 2.11. The van der Waals surface area contributed by atoms with Crippen molar-refractivity contribution in [1.82, 2.24) is 20.1 Å². The zero-order valence-corrected chi connectivity index (χ0v) is 12.1. The lowest BCUT2D eigenvalue weighted by molar-refractivity contribution is 0.251. The molecular formula is C16H14FN5O. The van der Waals surface area contributed by atoms with Gasteiger partial charge in [0.1, 0.15) is 0 Å². The standard InChI is InChI=1S/C16H14FN5O/c17-13-11-18-8-6-14(13)21-16(23)19-10-12-4-1-2-5-15(12)22-9-3-7-20-22/h1-9,11H,10H2,(H2,18,19,21,23). The molecule has 0 aliphatic heterocycles. The lowest BCUT2D eigenvalue weighted by atomic mass is 10.2. The molecule has 0 spiro atoms. The summed E-state index contributed by atoms with van der Waals surface area (Å²) in [4.78, 5) is 15.5. The molecular weight excluding hydrogens is 297 g/mol. The van der Waals surface area contributed by atoms with Gasteiger partial charge in [0.25, 0.3) is 0 Å². The Bertz CT molecular complexity index is 804. The van der Waals surface area contributed by atoms with Gasteiger partial charge in [0.2, 0.25) is 0 Å². The lowest BCUT2D eigenvalue weighted by Crippen LogP contribution is -2.29. The maximum Gasteiger partial charge on any atom is 0.319 e. The lowest BCUT2D eigenvalue weighted by Gasteiger charge is -2.11. The summed E-state index contributed by atoms with van der Waals surface area (Å²) in [7, 11) is 0. The van der Waals surface area contributed by atoms with E-state index in [0.29, 0.717) is 0 Å². The molecule has 116 valence electrons. The Morgan fingerprint density at radius 2 is 2.04 bits per heavy atom. The first-order valence-electron chi connectivity index (χ1n) is 6.96. The Morgan fingerprint density at radius 3 is 2.83 bits per heavy atom. The SMILES string of the molecule is O=C(NCc1ccccc1-n1cccn1)Nc1ccncc1F. The summed E-state index contributed by atoms with van der Waals surface area (Å²) in [6.45, 7) is 0.286. The molecule has 0 saturated carbocycles. The van der Waals surface area contributed by atoms with Gasteiger partial charge in [-0.15, -0.1) is 0 Å². The number of benzene rings is 1. The molecule has 0 aliphatic carbocycles. The minimum atomic E-state index is -0.584. The van der Waals surface area contributed by atoms with Crippen LogP contribution in [0.2, 0.25) is 0 Å². The molecule has 0 radical (unpaired) electrons. The van der Waals surface area contributed by atoms with E-state index < -0.39 is 11.8 Å². The third-order valence-electron chi connectivity index (χ3n) is 3.20. The summed E-state index contributed by atoms with van der Waals surface area (Å²) >= 11 is 0. The van der Waals surface area contributed by atoms with E-state index in [1.165, 1.54) is 12.3 Å². The summed E-state index contributed by atoms with van der Waals surface area (Å²) in [5, 5.41) is 9.33. The summed E-state index contributed by atoms with van der Waals surface area (Å²) in [6.07, 6.45) is 5.96. The van der Waals surface area contributed by atoms with Gasteiger partial charge in [0.05, 0.1) is 17.6 Å². The average molecular weight is 311 g/mol. The number of amides is 2. The van der Waals surface area contributed by atoms with Crippen LogP contribution in [-0.2, 0) is 6.54 Å². The Kier molecular flexibility index (Phi) is 4.28. The van der Waals surface area contributed by atoms with Crippen molar-refractivity contribution in [3.63, 3.8) is 0 Å². The van der Waals surface area contributed by atoms with E-state index in [-0.39, 0.29) is 12.2 Å². The Balaban J connectivity index is 1.67. The average Bonchev–Trinajstić information content (AvgIpc) is 3.10. The number of anilines is 1. The van der Waals surface area contributed by atoms with E-state index in [2.05, 4.69) is 20.7 Å². The Morgan fingerprint density at radius 1 is 1.17 bits per heavy atom. The van der Waals surface area contributed by atoms with E-state index >= 15 is 0 Å². The molecule has 3 aromatic rings. The van der Waals surface area contributed by atoms with Crippen molar-refractivity contribution in [2.45, 2.75) is 6.54 Å². The molecule has 0 aliphatic rings. The highest BCUT2D eigenvalue weighted by Crippen LogP contribution is 2.14. The summed E-state index contributed by atoms with van der Waals surface area (Å²) in [5.41, 5.74) is 1.84. The highest BCUT2D eigenvalue weighted by Gasteiger charge is 2.08. The smallest absolute Gasteiger partial charge is 0.319 e. The van der Waals surface area contributed by atoms with Crippen LogP contribution in [-0.4, -0.2) is 20.8 Å². The number of nitrogens with zero attached hydrogens (tertiary/aromatic N) is 3. The highest BCUT2D eigenvalue weighted by atomic mass is 19.1. The van der Waals surface area contributed by atoms with Crippen molar-refractivity contribution in [3.8, 4) is 5.69 Å². The molecule has 6 nitrogen and oxygen atoms in total. The van der Waals surface area contributed by atoms with Crippen molar-refractivity contribution < 1.29 is 9.18 Å². The minimum Gasteiger partial charge on any atom is -0.334 e. The molecule has 0 atom stereocenters. The molecule has 3 rings (SSSR count). The number of rotatable bonds is 4. The number of aromatic nitrogens is 3. The van der Waals surface area contributed by atoms with Crippen molar-refractivity contribution in [2.24, 2.45) is 0 Å². The van der Waals surface area contributed by atoms with E-state index in [9.17, 15) is 9.18 Å². The minimum absolute atomic E-state index is 0.0814. The van der Waals surface area contributed by atoms with Gasteiger partial charge in [-0.2, -0.15) is 5.10 Å². The summed E-state index contributed by atoms with van der Waals surface area (Å²) < 4.78 is 15.2. The molecule has 7 heteroatoms. The third kappa shape index (κ3) is 3.52. The van der Waals surface area contributed by atoms with Crippen LogP contribution in [0.25, 0.3) is 5.69 Å². The number of hydrogen-bond donors (Lipinski definition) is 2. The molecule has 2 heterocycles. The van der Waals surface area contributed by atoms with Crippen LogP contribution in [0, 0.1) is 5.82 Å². The number of pyridine rings is 1. The quantitative estimate of drug-likeness (QED) is 0.778. The van der Waals surface area contributed by atoms with Gasteiger partial charge in [0, 0.05) is 25.1 Å². The van der Waals surface area contributed by atoms with Gasteiger partial charge >= 0.3 is 6.03 Å². The van der Waals surface area contributed by atoms with E-state index in [0.717, 1.165) is 17.4 Å². The molecule has 2 N–H and O–H groups in total. The largest absolute Gasteiger partial charge is 0.334 e. The first-order chi connectivity index (χ1) is 11.2. The second kappa shape index (κ2) is 6.69. The third-order valence-corrected chi connectivity index (χ3v) is 3.20. The monoisotopic (exact) mass is 311 g/mol. The van der Waals surface area contributed by atoms with Crippen molar-refractivity contribution in [3.05, 3.63) is 72.6 Å². The summed E-state index contributed by atoms with van der Waals surface area (Å²) in [6, 6.07) is 10.3. The molecule has 0 fully saturated rings. The van der Waals surface area contributed by atoms with Gasteiger partial charge in [-0.1, -0.05) is 18.2 Å². The molecule has 0 unspecified atom stereocenters. The number of carbonyl (C=O) groups excluding carboxylic acids is 1. The Labute approximate surface area is 132 Å². The van der Waals surface area contributed by atoms with E-state index in [4.69, 9.17) is 0 Å². The van der Waals surface area contributed by atoms with Crippen LogP contribution < -0.4 is 10.6 Å². The van der Waals surface area contributed by atoms with Crippen molar-refractivity contribution in [2.75, 3.05) is 5.32 Å². The summed E-state index contributed by atoms with van der Waals surface area (Å²) in [5.74, 6) is -0.584. The van der Waals surface area contributed by atoms with Crippen LogP contribution >= 0.6 is 0 Å². The molecule has 23 heavy (non-hydrogen) atoms. The fourth-order valence-corrected chi connectivity index (χ4v) is 2.11. The maximum atomic E-state index is 13.4. The van der Waals surface area contributed by atoms with Gasteiger partial charge < -0.3 is 10.6 Å². The highest BCUT2D eigenvalue weighted by molar-refractivity contribution is 5.89. The van der Waals surface area contributed by atoms with Gasteiger partial charge in [-0.3, -0.25) is 4.98 Å². The number of para-hydroxylation sites is 1. The zero-order chi connectivity index (χ0) is 16.1. The van der Waals surface area contributed by atoms with E-state index in [1.54, 1.807) is 10.9 Å². The molecule has 0 bridgehead atoms. The van der Waals surface area contributed by atoms with Crippen LogP contribution in [0.4, 0.5) is 14.9 Å². The molecule has 2 amide bonds. The number of halogens is 1. The Hall–Kier alpha value is -3.22. The molecule has 0 saturated heterocycles. The molecule has 2 aromatic heterocycles. The van der Waals surface area contributed by atoms with Crippen LogP contribution in [0.3, 0.4) is 0 Å². The zero-order valence-electron chi connectivity index (χ0n) is 12.1. The fraction of sp³-hybridized carbons (Fsp3) is 0.0625. The van der Waals surface area contributed by atoms with Crippen LogP contribution in [0.15, 0.2) is 61.2 Å². The predicted molar refractivity (Wildman–Crippen MR) is 83.6 cm³/mol. The number of urea groups is 1. The second-order valence-corrected chi connectivity index (χ2v) is 4.74. The second-order valence-electron chi connectivity index (χ2n) is 4.74. The molecule has 1 aromatic carbocycles. The first-order valence-corrected chi connectivity index (χ1v) is 6.96. The first kappa shape index (κ1) is 14.7. The number of carbonyl (C=O) groups is 1. The van der Waals surface area contributed by atoms with Crippen LogP contribution in [0.5, 0.6) is 0 Å². The van der Waals surface area contributed by atoms with Crippen molar-refractivity contribution in [1.29, 1.82) is 0 Å². The van der Waals surface area contributed by atoms with E-state index in [1.807, 2.05) is 36.5 Å². The number of hydrogen-bond acceptors (Lipinski definition) is 3. The van der Waals surface area contributed by atoms with Gasteiger partial charge in [0.15, 0.2) is 5.82 Å². The number of nitrogens with one attached hydrogen (secondary N) is 2.